The van der Waals surface area contributed by atoms with E-state index < -0.39 is 0 Å². The molecule has 2 aromatic rings. The van der Waals surface area contributed by atoms with Crippen LogP contribution in [0, 0.1) is 0 Å². The van der Waals surface area contributed by atoms with E-state index in [9.17, 15) is 9.59 Å². The zero-order chi connectivity index (χ0) is 20.2. The predicted molar refractivity (Wildman–Crippen MR) is 112 cm³/mol. The molecule has 8 heteroatoms. The second-order valence-corrected chi connectivity index (χ2v) is 7.42. The molecular weight excluding hydrogens is 368 g/mol. The lowest BCUT2D eigenvalue weighted by Gasteiger charge is -2.36. The molecule has 1 atom stereocenters. The molecule has 0 spiro atoms. The maximum absolute atomic E-state index is 12.8. The molecule has 8 nitrogen and oxygen atoms in total. The molecule has 4 rings (SSSR count). The first-order valence-corrected chi connectivity index (χ1v) is 10.1. The van der Waals surface area contributed by atoms with E-state index in [2.05, 4.69) is 20.2 Å². The molecule has 2 aliphatic heterocycles. The van der Waals surface area contributed by atoms with Gasteiger partial charge in [-0.2, -0.15) is 0 Å². The Labute approximate surface area is 170 Å². The lowest BCUT2D eigenvalue weighted by Crippen LogP contribution is -2.52. The average Bonchev–Trinajstić information content (AvgIpc) is 3.20. The number of carbonyl (C=O) groups is 2. The number of nitrogens with zero attached hydrogens (tertiary/aromatic N) is 5. The molecule has 2 amide bonds. The number of piperazine rings is 1. The van der Waals surface area contributed by atoms with Crippen molar-refractivity contribution in [2.24, 2.45) is 0 Å². The summed E-state index contributed by atoms with van der Waals surface area (Å²) in [5.74, 6) is 0.967. The Morgan fingerprint density at radius 3 is 2.34 bits per heavy atom. The van der Waals surface area contributed by atoms with Crippen LogP contribution in [0.1, 0.15) is 19.8 Å². The highest BCUT2D eigenvalue weighted by Gasteiger charge is 2.26. The summed E-state index contributed by atoms with van der Waals surface area (Å²) in [6, 6.07) is 9.19. The van der Waals surface area contributed by atoms with Crippen LogP contribution in [-0.4, -0.2) is 65.4 Å². The molecule has 0 saturated carbocycles. The van der Waals surface area contributed by atoms with Gasteiger partial charge in [0.15, 0.2) is 0 Å². The van der Waals surface area contributed by atoms with Crippen LogP contribution in [0.3, 0.4) is 0 Å². The first-order chi connectivity index (χ1) is 14.1. The zero-order valence-corrected chi connectivity index (χ0v) is 16.6. The normalized spacial score (nSPS) is 18.1. The van der Waals surface area contributed by atoms with Gasteiger partial charge in [-0.15, -0.1) is 0 Å². The second kappa shape index (κ2) is 8.46. The summed E-state index contributed by atoms with van der Waals surface area (Å²) < 4.78 is 0. The third-order valence-corrected chi connectivity index (χ3v) is 5.43. The summed E-state index contributed by atoms with van der Waals surface area (Å²) in [5.41, 5.74) is 1.79. The van der Waals surface area contributed by atoms with Crippen LogP contribution in [-0.2, 0) is 9.59 Å². The van der Waals surface area contributed by atoms with E-state index >= 15 is 0 Å². The van der Waals surface area contributed by atoms with E-state index in [0.29, 0.717) is 25.5 Å². The highest BCUT2D eigenvalue weighted by molar-refractivity contribution is 5.95. The van der Waals surface area contributed by atoms with Crippen LogP contribution in [0.25, 0.3) is 0 Å². The van der Waals surface area contributed by atoms with E-state index in [1.807, 2.05) is 41.0 Å². The monoisotopic (exact) mass is 394 g/mol. The number of anilines is 3. The summed E-state index contributed by atoms with van der Waals surface area (Å²) >= 11 is 0. The van der Waals surface area contributed by atoms with Crippen LogP contribution in [0.4, 0.5) is 17.3 Å². The number of carbonyl (C=O) groups excluding carboxylic acids is 2. The van der Waals surface area contributed by atoms with Crippen molar-refractivity contribution in [2.75, 3.05) is 47.8 Å². The Balaban J connectivity index is 1.30. The Bertz CT molecular complexity index is 849. The van der Waals surface area contributed by atoms with Gasteiger partial charge in [0.05, 0.1) is 0 Å². The fourth-order valence-corrected chi connectivity index (χ4v) is 3.83. The van der Waals surface area contributed by atoms with Crippen molar-refractivity contribution in [1.82, 2.24) is 14.9 Å². The third kappa shape index (κ3) is 4.31. The molecule has 1 N–H and O–H groups in total. The fourth-order valence-electron chi connectivity index (χ4n) is 3.83. The minimum absolute atomic E-state index is 0.0810. The number of amides is 2. The van der Waals surface area contributed by atoms with E-state index in [0.717, 1.165) is 37.4 Å². The molecule has 152 valence electrons. The van der Waals surface area contributed by atoms with E-state index in [4.69, 9.17) is 0 Å². The quantitative estimate of drug-likeness (QED) is 0.832. The first kappa shape index (κ1) is 19.2. The van der Waals surface area contributed by atoms with Crippen molar-refractivity contribution >= 4 is 29.1 Å². The van der Waals surface area contributed by atoms with Gasteiger partial charge in [-0.25, -0.2) is 9.97 Å². The summed E-state index contributed by atoms with van der Waals surface area (Å²) in [6.07, 6.45) is 5.00. The van der Waals surface area contributed by atoms with E-state index in [1.165, 1.54) is 0 Å². The summed E-state index contributed by atoms with van der Waals surface area (Å²) in [4.78, 5) is 39.0. The van der Waals surface area contributed by atoms with Gasteiger partial charge in [-0.05, 0) is 43.7 Å². The molecule has 0 radical (unpaired) electrons. The van der Waals surface area contributed by atoms with Crippen molar-refractivity contribution in [3.05, 3.63) is 42.7 Å². The van der Waals surface area contributed by atoms with Crippen molar-refractivity contribution in [3.8, 4) is 0 Å². The van der Waals surface area contributed by atoms with Gasteiger partial charge >= 0.3 is 0 Å². The fraction of sp³-hybridized carbons (Fsp3) is 0.429. The van der Waals surface area contributed by atoms with Crippen molar-refractivity contribution in [1.29, 1.82) is 0 Å². The van der Waals surface area contributed by atoms with E-state index in [-0.39, 0.29) is 17.9 Å². The van der Waals surface area contributed by atoms with Crippen LogP contribution in [0.5, 0.6) is 0 Å². The third-order valence-electron chi connectivity index (χ3n) is 5.43. The molecule has 1 aromatic carbocycles. The number of aromatic nitrogens is 2. The van der Waals surface area contributed by atoms with Crippen molar-refractivity contribution in [2.45, 2.75) is 25.8 Å². The van der Waals surface area contributed by atoms with E-state index in [1.54, 1.807) is 18.5 Å². The van der Waals surface area contributed by atoms with Gasteiger partial charge in [-0.3, -0.25) is 9.59 Å². The number of benzene rings is 1. The second-order valence-electron chi connectivity index (χ2n) is 7.42. The maximum Gasteiger partial charge on any atom is 0.244 e. The standard InChI is InChI=1S/C21H26N6O2/c1-16(24-17-5-7-18(8-6-17)27-11-2-4-19(27)28)20(29)25-12-14-26(15-13-25)21-22-9-3-10-23-21/h3,5-10,16,24H,2,4,11-15H2,1H3. The molecule has 0 bridgehead atoms. The van der Waals surface area contributed by atoms with Gasteiger partial charge in [0.25, 0.3) is 0 Å². The van der Waals surface area contributed by atoms with Crippen LogP contribution < -0.4 is 15.1 Å². The van der Waals surface area contributed by atoms with Crippen LogP contribution >= 0.6 is 0 Å². The zero-order valence-electron chi connectivity index (χ0n) is 16.6. The average molecular weight is 394 g/mol. The van der Waals surface area contributed by atoms with Crippen molar-refractivity contribution in [3.63, 3.8) is 0 Å². The maximum atomic E-state index is 12.8. The Hall–Kier alpha value is -3.16. The summed E-state index contributed by atoms with van der Waals surface area (Å²) in [5, 5.41) is 3.28. The Morgan fingerprint density at radius 2 is 1.72 bits per heavy atom. The smallest absolute Gasteiger partial charge is 0.244 e. The van der Waals surface area contributed by atoms with Gasteiger partial charge in [0.2, 0.25) is 17.8 Å². The molecule has 1 aromatic heterocycles. The SMILES string of the molecule is CC(Nc1ccc(N2CCCC2=O)cc1)C(=O)N1CCN(c2ncccn2)CC1. The minimum Gasteiger partial charge on any atom is -0.374 e. The topological polar surface area (TPSA) is 81.7 Å². The van der Waals surface area contributed by atoms with Gasteiger partial charge in [-0.1, -0.05) is 0 Å². The number of hydrogen-bond acceptors (Lipinski definition) is 6. The van der Waals surface area contributed by atoms with Gasteiger partial charge in [0.1, 0.15) is 6.04 Å². The Kier molecular flexibility index (Phi) is 5.59. The highest BCUT2D eigenvalue weighted by Crippen LogP contribution is 2.23. The molecule has 29 heavy (non-hydrogen) atoms. The van der Waals surface area contributed by atoms with Crippen LogP contribution in [0.15, 0.2) is 42.7 Å². The largest absolute Gasteiger partial charge is 0.374 e. The van der Waals surface area contributed by atoms with Gasteiger partial charge < -0.3 is 20.0 Å². The molecule has 2 aliphatic rings. The lowest BCUT2D eigenvalue weighted by molar-refractivity contribution is -0.132. The summed E-state index contributed by atoms with van der Waals surface area (Å²) in [7, 11) is 0. The number of hydrogen-bond donors (Lipinski definition) is 1. The Morgan fingerprint density at radius 1 is 1.03 bits per heavy atom. The number of rotatable bonds is 5. The molecule has 0 aliphatic carbocycles. The first-order valence-electron chi connectivity index (χ1n) is 10.1. The summed E-state index contributed by atoms with van der Waals surface area (Å²) in [6.45, 7) is 5.41. The lowest BCUT2D eigenvalue weighted by atomic mass is 10.2. The molecule has 2 fully saturated rings. The molecule has 3 heterocycles. The van der Waals surface area contributed by atoms with Crippen molar-refractivity contribution < 1.29 is 9.59 Å². The molecule has 2 saturated heterocycles. The van der Waals surface area contributed by atoms with Crippen LogP contribution in [0.2, 0.25) is 0 Å². The minimum atomic E-state index is -0.325. The predicted octanol–water partition coefficient (Wildman–Crippen LogP) is 1.75. The molecule has 1 unspecified atom stereocenters. The number of nitrogens with one attached hydrogen (secondary N) is 1. The highest BCUT2D eigenvalue weighted by atomic mass is 16.2. The van der Waals surface area contributed by atoms with Gasteiger partial charge in [0, 0.05) is 62.9 Å². The molecular formula is C21H26N6O2.